The third-order valence-corrected chi connectivity index (χ3v) is 3.70. The molecule has 0 bridgehead atoms. The maximum Gasteiger partial charge on any atom is 0.251 e. The van der Waals surface area contributed by atoms with Crippen LogP contribution in [-0.4, -0.2) is 39.8 Å². The van der Waals surface area contributed by atoms with E-state index in [4.69, 9.17) is 9.47 Å². The molecule has 3 aromatic rings. The van der Waals surface area contributed by atoms with Gasteiger partial charge in [0, 0.05) is 12.1 Å². The summed E-state index contributed by atoms with van der Waals surface area (Å²) < 4.78 is 12.3. The monoisotopic (exact) mass is 353 g/mol. The van der Waals surface area contributed by atoms with Crippen LogP contribution >= 0.6 is 0 Å². The average molecular weight is 353 g/mol. The highest BCUT2D eigenvalue weighted by molar-refractivity contribution is 5.94. The Balaban J connectivity index is 1.68. The zero-order chi connectivity index (χ0) is 18.4. The summed E-state index contributed by atoms with van der Waals surface area (Å²) in [7, 11) is 1.59. The van der Waals surface area contributed by atoms with Crippen LogP contribution in [0.2, 0.25) is 0 Å². The summed E-state index contributed by atoms with van der Waals surface area (Å²) in [5, 5.41) is 13.9. The summed E-state index contributed by atoms with van der Waals surface area (Å²) in [6.07, 6.45) is 1.48. The standard InChI is InChI=1S/C18H19N5O3/c1-3-26-16-8-7-13(9-17(16)25-2)11-19-18(24)14-5-4-6-15(10-14)23-12-20-21-22-23/h4-10,12H,3,11H2,1-2H3,(H,19,24). The Morgan fingerprint density at radius 2 is 2.08 bits per heavy atom. The molecular weight excluding hydrogens is 334 g/mol. The SMILES string of the molecule is CCOc1ccc(CNC(=O)c2cccc(-n3cnnn3)c2)cc1OC. The van der Waals surface area contributed by atoms with Crippen molar-refractivity contribution in [1.82, 2.24) is 25.5 Å². The maximum atomic E-state index is 12.4. The quantitative estimate of drug-likeness (QED) is 0.699. The first-order valence-electron chi connectivity index (χ1n) is 8.12. The van der Waals surface area contributed by atoms with Gasteiger partial charge >= 0.3 is 0 Å². The largest absolute Gasteiger partial charge is 0.493 e. The van der Waals surface area contributed by atoms with E-state index in [2.05, 4.69) is 20.8 Å². The van der Waals surface area contributed by atoms with E-state index in [1.54, 1.807) is 25.3 Å². The molecule has 8 nitrogen and oxygen atoms in total. The lowest BCUT2D eigenvalue weighted by Gasteiger charge is -2.12. The second-order valence-electron chi connectivity index (χ2n) is 5.41. The minimum absolute atomic E-state index is 0.187. The van der Waals surface area contributed by atoms with Crippen molar-refractivity contribution in [2.75, 3.05) is 13.7 Å². The fourth-order valence-electron chi connectivity index (χ4n) is 2.45. The highest BCUT2D eigenvalue weighted by atomic mass is 16.5. The number of hydrogen-bond donors (Lipinski definition) is 1. The first-order chi connectivity index (χ1) is 12.7. The molecule has 134 valence electrons. The number of nitrogens with one attached hydrogen (secondary N) is 1. The summed E-state index contributed by atoms with van der Waals surface area (Å²) in [5.74, 6) is 1.13. The average Bonchev–Trinajstić information content (AvgIpc) is 3.22. The van der Waals surface area contributed by atoms with Gasteiger partial charge in [0.05, 0.1) is 19.4 Å². The van der Waals surface area contributed by atoms with Gasteiger partial charge in [0.15, 0.2) is 11.5 Å². The molecule has 0 aliphatic rings. The van der Waals surface area contributed by atoms with Crippen LogP contribution in [0, 0.1) is 0 Å². The van der Waals surface area contributed by atoms with Crippen LogP contribution in [-0.2, 0) is 6.54 Å². The Bertz CT molecular complexity index is 880. The number of carbonyl (C=O) groups excluding carboxylic acids is 1. The molecule has 1 amide bonds. The van der Waals surface area contributed by atoms with Crippen molar-refractivity contribution >= 4 is 5.91 Å². The zero-order valence-electron chi connectivity index (χ0n) is 14.5. The summed E-state index contributed by atoms with van der Waals surface area (Å²) in [6, 6.07) is 12.7. The van der Waals surface area contributed by atoms with Crippen molar-refractivity contribution in [3.05, 3.63) is 59.9 Å². The molecule has 1 N–H and O–H groups in total. The van der Waals surface area contributed by atoms with Crippen molar-refractivity contribution in [3.63, 3.8) is 0 Å². The maximum absolute atomic E-state index is 12.4. The van der Waals surface area contributed by atoms with Crippen molar-refractivity contribution in [2.24, 2.45) is 0 Å². The fraction of sp³-hybridized carbons (Fsp3) is 0.222. The number of hydrogen-bond acceptors (Lipinski definition) is 6. The van der Waals surface area contributed by atoms with Crippen LogP contribution in [0.4, 0.5) is 0 Å². The molecule has 26 heavy (non-hydrogen) atoms. The zero-order valence-corrected chi connectivity index (χ0v) is 14.5. The lowest BCUT2D eigenvalue weighted by molar-refractivity contribution is 0.0951. The van der Waals surface area contributed by atoms with E-state index in [0.717, 1.165) is 5.56 Å². The second-order valence-corrected chi connectivity index (χ2v) is 5.41. The predicted molar refractivity (Wildman–Crippen MR) is 94.5 cm³/mol. The van der Waals surface area contributed by atoms with Crippen LogP contribution in [0.5, 0.6) is 11.5 Å². The van der Waals surface area contributed by atoms with Crippen LogP contribution in [0.1, 0.15) is 22.8 Å². The number of ether oxygens (including phenoxy) is 2. The van der Waals surface area contributed by atoms with Gasteiger partial charge in [-0.3, -0.25) is 4.79 Å². The van der Waals surface area contributed by atoms with E-state index in [1.165, 1.54) is 11.0 Å². The summed E-state index contributed by atoms with van der Waals surface area (Å²) in [6.45, 7) is 2.85. The topological polar surface area (TPSA) is 91.2 Å². The Kier molecular flexibility index (Phi) is 5.43. The summed E-state index contributed by atoms with van der Waals surface area (Å²) in [5.41, 5.74) is 2.15. The van der Waals surface area contributed by atoms with E-state index in [1.807, 2.05) is 31.2 Å². The van der Waals surface area contributed by atoms with Crippen molar-refractivity contribution < 1.29 is 14.3 Å². The van der Waals surface area contributed by atoms with Gasteiger partial charge in [0.25, 0.3) is 5.91 Å². The van der Waals surface area contributed by atoms with Crippen molar-refractivity contribution in [3.8, 4) is 17.2 Å². The molecule has 2 aromatic carbocycles. The Labute approximate surface area is 150 Å². The number of amides is 1. The van der Waals surface area contributed by atoms with Gasteiger partial charge in [0.1, 0.15) is 6.33 Å². The normalized spacial score (nSPS) is 10.4. The van der Waals surface area contributed by atoms with Gasteiger partial charge in [-0.2, -0.15) is 0 Å². The first kappa shape index (κ1) is 17.4. The third kappa shape index (κ3) is 3.97. The van der Waals surface area contributed by atoms with Gasteiger partial charge in [0.2, 0.25) is 0 Å². The Hall–Kier alpha value is -3.42. The van der Waals surface area contributed by atoms with Gasteiger partial charge in [-0.15, -0.1) is 5.10 Å². The van der Waals surface area contributed by atoms with Gasteiger partial charge in [-0.05, 0) is 53.2 Å². The summed E-state index contributed by atoms with van der Waals surface area (Å²) in [4.78, 5) is 12.4. The Morgan fingerprint density at radius 1 is 1.19 bits per heavy atom. The molecular formula is C18H19N5O3. The number of tetrazole rings is 1. The number of aromatic nitrogens is 4. The van der Waals surface area contributed by atoms with E-state index < -0.39 is 0 Å². The first-order valence-corrected chi connectivity index (χ1v) is 8.12. The molecule has 0 fully saturated rings. The highest BCUT2D eigenvalue weighted by Crippen LogP contribution is 2.28. The minimum atomic E-state index is -0.187. The highest BCUT2D eigenvalue weighted by Gasteiger charge is 2.09. The molecule has 0 saturated carbocycles. The Morgan fingerprint density at radius 3 is 2.81 bits per heavy atom. The molecule has 3 rings (SSSR count). The lowest BCUT2D eigenvalue weighted by Crippen LogP contribution is -2.23. The van der Waals surface area contributed by atoms with Crippen LogP contribution in [0.3, 0.4) is 0 Å². The number of rotatable bonds is 7. The molecule has 0 unspecified atom stereocenters. The van der Waals surface area contributed by atoms with Crippen LogP contribution < -0.4 is 14.8 Å². The molecule has 8 heteroatoms. The van der Waals surface area contributed by atoms with E-state index in [0.29, 0.717) is 35.9 Å². The summed E-state index contributed by atoms with van der Waals surface area (Å²) >= 11 is 0. The van der Waals surface area contributed by atoms with Gasteiger partial charge in [-0.1, -0.05) is 12.1 Å². The molecule has 0 saturated heterocycles. The smallest absolute Gasteiger partial charge is 0.251 e. The number of methoxy groups -OCH3 is 1. The molecule has 0 spiro atoms. The van der Waals surface area contributed by atoms with Crippen molar-refractivity contribution in [2.45, 2.75) is 13.5 Å². The van der Waals surface area contributed by atoms with Gasteiger partial charge in [-0.25, -0.2) is 4.68 Å². The third-order valence-electron chi connectivity index (χ3n) is 3.70. The molecule has 0 aliphatic heterocycles. The molecule has 0 aliphatic carbocycles. The number of carbonyl (C=O) groups is 1. The molecule has 0 radical (unpaired) electrons. The predicted octanol–water partition coefficient (Wildman–Crippen LogP) is 2.00. The van der Waals surface area contributed by atoms with Crippen molar-refractivity contribution in [1.29, 1.82) is 0 Å². The van der Waals surface area contributed by atoms with E-state index in [9.17, 15) is 4.79 Å². The molecule has 1 heterocycles. The van der Waals surface area contributed by atoms with E-state index >= 15 is 0 Å². The second kappa shape index (κ2) is 8.11. The van der Waals surface area contributed by atoms with Gasteiger partial charge < -0.3 is 14.8 Å². The number of benzene rings is 2. The van der Waals surface area contributed by atoms with Crippen LogP contribution in [0.25, 0.3) is 5.69 Å². The van der Waals surface area contributed by atoms with Crippen LogP contribution in [0.15, 0.2) is 48.8 Å². The number of nitrogens with zero attached hydrogens (tertiary/aromatic N) is 4. The molecule has 1 aromatic heterocycles. The lowest BCUT2D eigenvalue weighted by atomic mass is 10.1. The fourth-order valence-corrected chi connectivity index (χ4v) is 2.45. The minimum Gasteiger partial charge on any atom is -0.493 e. The van der Waals surface area contributed by atoms with E-state index in [-0.39, 0.29) is 5.91 Å². The molecule has 0 atom stereocenters.